The molecule has 2 rings (SSSR count). The second-order valence-corrected chi connectivity index (χ2v) is 3.32. The second-order valence-electron chi connectivity index (χ2n) is 3.32. The molecule has 80 valence electrons. The first kappa shape index (κ1) is 9.82. The predicted molar refractivity (Wildman–Crippen MR) is 52.7 cm³/mol. The molecule has 1 aromatic rings. The minimum Gasteiger partial charge on any atom is -0.467 e. The number of carbonyl (C=O) groups excluding carboxylic acids is 1. The first-order valence-electron chi connectivity index (χ1n) is 4.78. The van der Waals surface area contributed by atoms with Crippen molar-refractivity contribution >= 4 is 11.9 Å². The summed E-state index contributed by atoms with van der Waals surface area (Å²) >= 11 is 0. The Morgan fingerprint density at radius 2 is 2.13 bits per heavy atom. The molecule has 1 aromatic heterocycles. The van der Waals surface area contributed by atoms with Gasteiger partial charge in [-0.15, -0.1) is 0 Å². The molecule has 1 fully saturated rings. The number of aryl methyl sites for hydroxylation is 1. The Labute approximate surface area is 87.3 Å². The molecule has 0 atom stereocenters. The van der Waals surface area contributed by atoms with E-state index in [1.54, 1.807) is 11.8 Å². The first-order chi connectivity index (χ1) is 7.20. The maximum Gasteiger partial charge on any atom is 0.321 e. The highest BCUT2D eigenvalue weighted by molar-refractivity contribution is 5.93. The van der Waals surface area contributed by atoms with Gasteiger partial charge < -0.3 is 4.74 Å². The summed E-state index contributed by atoms with van der Waals surface area (Å²) in [4.78, 5) is 25.2. The van der Waals surface area contributed by atoms with E-state index in [4.69, 9.17) is 4.74 Å². The Hall–Kier alpha value is -1.72. The van der Waals surface area contributed by atoms with Crippen molar-refractivity contribution in [3.63, 3.8) is 0 Å². The molecule has 6 nitrogen and oxygen atoms in total. The molecule has 15 heavy (non-hydrogen) atoms. The summed E-state index contributed by atoms with van der Waals surface area (Å²) < 4.78 is 4.93. The lowest BCUT2D eigenvalue weighted by Crippen LogP contribution is -2.26. The van der Waals surface area contributed by atoms with E-state index in [9.17, 15) is 4.79 Å². The van der Waals surface area contributed by atoms with Gasteiger partial charge in [0.25, 0.3) is 0 Å². The Balaban J connectivity index is 2.34. The van der Waals surface area contributed by atoms with Crippen LogP contribution in [0.1, 0.15) is 18.7 Å². The van der Waals surface area contributed by atoms with Gasteiger partial charge in [-0.25, -0.2) is 0 Å². The molecule has 0 aromatic carbocycles. The fraction of sp³-hybridized carbons (Fsp3) is 0.556. The van der Waals surface area contributed by atoms with E-state index in [2.05, 4.69) is 15.0 Å². The minimum absolute atomic E-state index is 0.0580. The molecule has 1 aliphatic rings. The standard InChI is InChI=1S/C9H12N4O2/c1-6-10-8(12-9(11-6)15-2)13-5-3-4-7(13)14/h3-5H2,1-2H3. The Morgan fingerprint density at radius 3 is 2.73 bits per heavy atom. The molecule has 0 aliphatic carbocycles. The zero-order valence-corrected chi connectivity index (χ0v) is 8.73. The zero-order chi connectivity index (χ0) is 10.8. The van der Waals surface area contributed by atoms with E-state index >= 15 is 0 Å². The van der Waals surface area contributed by atoms with Crippen LogP contribution in [-0.4, -0.2) is 34.5 Å². The molecule has 0 radical (unpaired) electrons. The average molecular weight is 208 g/mol. The predicted octanol–water partition coefficient (Wildman–Crippen LogP) is 0.315. The number of carbonyl (C=O) groups is 1. The van der Waals surface area contributed by atoms with Crippen LogP contribution in [-0.2, 0) is 4.79 Å². The van der Waals surface area contributed by atoms with Gasteiger partial charge in [-0.2, -0.15) is 15.0 Å². The van der Waals surface area contributed by atoms with Crippen molar-refractivity contribution in [3.05, 3.63) is 5.82 Å². The first-order valence-corrected chi connectivity index (χ1v) is 4.78. The van der Waals surface area contributed by atoms with Crippen molar-refractivity contribution in [2.75, 3.05) is 18.6 Å². The molecule has 0 unspecified atom stereocenters. The number of anilines is 1. The Morgan fingerprint density at radius 1 is 1.33 bits per heavy atom. The molecule has 1 amide bonds. The summed E-state index contributed by atoms with van der Waals surface area (Å²) in [7, 11) is 1.49. The summed E-state index contributed by atoms with van der Waals surface area (Å²) in [5.74, 6) is 1.00. The van der Waals surface area contributed by atoms with Crippen molar-refractivity contribution in [2.24, 2.45) is 0 Å². The quantitative estimate of drug-likeness (QED) is 0.700. The van der Waals surface area contributed by atoms with Crippen LogP contribution in [0.5, 0.6) is 6.01 Å². The van der Waals surface area contributed by atoms with Crippen molar-refractivity contribution in [1.29, 1.82) is 0 Å². The van der Waals surface area contributed by atoms with Crippen LogP contribution in [0, 0.1) is 6.92 Å². The molecular weight excluding hydrogens is 196 g/mol. The van der Waals surface area contributed by atoms with Gasteiger partial charge in [0, 0.05) is 13.0 Å². The third-order valence-corrected chi connectivity index (χ3v) is 2.21. The summed E-state index contributed by atoms with van der Waals surface area (Å²) in [6.07, 6.45) is 1.42. The van der Waals surface area contributed by atoms with Crippen LogP contribution in [0.2, 0.25) is 0 Å². The molecule has 6 heteroatoms. The number of rotatable bonds is 2. The van der Waals surface area contributed by atoms with Crippen LogP contribution in [0.15, 0.2) is 0 Å². The lowest BCUT2D eigenvalue weighted by Gasteiger charge is -2.13. The van der Waals surface area contributed by atoms with E-state index in [1.807, 2.05) is 0 Å². The molecule has 1 aliphatic heterocycles. The van der Waals surface area contributed by atoms with Gasteiger partial charge >= 0.3 is 6.01 Å². The van der Waals surface area contributed by atoms with E-state index in [0.717, 1.165) is 6.42 Å². The lowest BCUT2D eigenvalue weighted by atomic mass is 10.4. The van der Waals surface area contributed by atoms with E-state index in [-0.39, 0.29) is 11.9 Å². The van der Waals surface area contributed by atoms with Gasteiger partial charge in [0.15, 0.2) is 0 Å². The maximum atomic E-state index is 11.5. The summed E-state index contributed by atoms with van der Waals surface area (Å²) in [6, 6.07) is 0.247. The highest BCUT2D eigenvalue weighted by Crippen LogP contribution is 2.18. The van der Waals surface area contributed by atoms with Crippen LogP contribution < -0.4 is 9.64 Å². The molecule has 0 saturated carbocycles. The lowest BCUT2D eigenvalue weighted by molar-refractivity contribution is -0.117. The smallest absolute Gasteiger partial charge is 0.321 e. The highest BCUT2D eigenvalue weighted by Gasteiger charge is 2.24. The molecule has 0 bridgehead atoms. The van der Waals surface area contributed by atoms with E-state index < -0.39 is 0 Å². The van der Waals surface area contributed by atoms with Gasteiger partial charge in [0.2, 0.25) is 11.9 Å². The van der Waals surface area contributed by atoms with Crippen molar-refractivity contribution in [1.82, 2.24) is 15.0 Å². The SMILES string of the molecule is COc1nc(C)nc(N2CCCC2=O)n1. The second kappa shape index (κ2) is 3.80. The summed E-state index contributed by atoms with van der Waals surface area (Å²) in [6.45, 7) is 2.42. The van der Waals surface area contributed by atoms with Crippen LogP contribution in [0.3, 0.4) is 0 Å². The third kappa shape index (κ3) is 1.88. The fourth-order valence-electron chi connectivity index (χ4n) is 1.52. The number of aromatic nitrogens is 3. The van der Waals surface area contributed by atoms with E-state index in [1.165, 1.54) is 7.11 Å². The molecule has 1 saturated heterocycles. The molecule has 2 heterocycles. The summed E-state index contributed by atoms with van der Waals surface area (Å²) in [5, 5.41) is 0. The number of methoxy groups -OCH3 is 1. The monoisotopic (exact) mass is 208 g/mol. The number of hydrogen-bond acceptors (Lipinski definition) is 5. The highest BCUT2D eigenvalue weighted by atomic mass is 16.5. The largest absolute Gasteiger partial charge is 0.467 e. The van der Waals surface area contributed by atoms with Gasteiger partial charge in [0.1, 0.15) is 5.82 Å². The number of ether oxygens (including phenoxy) is 1. The maximum absolute atomic E-state index is 11.5. The third-order valence-electron chi connectivity index (χ3n) is 2.21. The van der Waals surface area contributed by atoms with Gasteiger partial charge in [-0.1, -0.05) is 0 Å². The van der Waals surface area contributed by atoms with E-state index in [0.29, 0.717) is 24.7 Å². The number of amides is 1. The number of hydrogen-bond donors (Lipinski definition) is 0. The van der Waals surface area contributed by atoms with Gasteiger partial charge in [-0.3, -0.25) is 9.69 Å². The molecular formula is C9H12N4O2. The van der Waals surface area contributed by atoms with Crippen LogP contribution in [0.25, 0.3) is 0 Å². The van der Waals surface area contributed by atoms with Crippen molar-refractivity contribution in [3.8, 4) is 6.01 Å². The molecule has 0 spiro atoms. The number of nitrogens with zero attached hydrogens (tertiary/aromatic N) is 4. The fourth-order valence-corrected chi connectivity index (χ4v) is 1.52. The Kier molecular flexibility index (Phi) is 2.49. The zero-order valence-electron chi connectivity index (χ0n) is 8.73. The topological polar surface area (TPSA) is 68.2 Å². The van der Waals surface area contributed by atoms with Crippen molar-refractivity contribution < 1.29 is 9.53 Å². The normalized spacial score (nSPS) is 15.9. The van der Waals surface area contributed by atoms with Crippen molar-refractivity contribution in [2.45, 2.75) is 19.8 Å². The van der Waals surface area contributed by atoms with Crippen LogP contribution in [0.4, 0.5) is 5.95 Å². The van der Waals surface area contributed by atoms with Gasteiger partial charge in [0.05, 0.1) is 7.11 Å². The van der Waals surface area contributed by atoms with Crippen LogP contribution >= 0.6 is 0 Å². The van der Waals surface area contributed by atoms with Gasteiger partial charge in [-0.05, 0) is 13.3 Å². The Bertz CT molecular complexity index is 394. The molecule has 0 N–H and O–H groups in total. The summed E-state index contributed by atoms with van der Waals surface area (Å²) in [5.41, 5.74) is 0. The minimum atomic E-state index is 0.0580. The average Bonchev–Trinajstić information content (AvgIpc) is 2.63.